The Morgan fingerprint density at radius 2 is 1.51 bits per heavy atom. The molecule has 0 aliphatic rings. The van der Waals surface area contributed by atoms with Crippen LogP contribution in [0, 0.1) is 0 Å². The van der Waals surface area contributed by atoms with Crippen LogP contribution in [-0.4, -0.2) is 27.8 Å². The van der Waals surface area contributed by atoms with E-state index in [4.69, 9.17) is 27.9 Å². The van der Waals surface area contributed by atoms with Crippen LogP contribution in [0.3, 0.4) is 0 Å². The minimum Gasteiger partial charge on any atom is -0.496 e. The Bertz CT molecular complexity index is 1320. The first kappa shape index (κ1) is 24.3. The van der Waals surface area contributed by atoms with Gasteiger partial charge in [-0.3, -0.25) is 4.79 Å². The summed E-state index contributed by atoms with van der Waals surface area (Å²) in [5.74, 6) is 0.939. The number of carbonyl (C=O) groups excluding carboxylic acids is 1. The van der Waals surface area contributed by atoms with Gasteiger partial charge >= 0.3 is 0 Å². The lowest BCUT2D eigenvalue weighted by molar-refractivity contribution is 0.0957. The van der Waals surface area contributed by atoms with Gasteiger partial charge in [-0.25, -0.2) is 0 Å². The lowest BCUT2D eigenvalue weighted by atomic mass is 10.2. The van der Waals surface area contributed by atoms with Crippen molar-refractivity contribution in [1.29, 1.82) is 0 Å². The molecule has 1 heterocycles. The number of allylic oxidation sites excluding steroid dienone is 1. The fraction of sp³-hybridized carbons (Fsp3) is 0.115. The van der Waals surface area contributed by atoms with E-state index < -0.39 is 0 Å². The third-order valence-electron chi connectivity index (χ3n) is 5.09. The molecule has 0 saturated heterocycles. The predicted molar refractivity (Wildman–Crippen MR) is 140 cm³/mol. The maximum Gasteiger partial charge on any atom is 0.274 e. The highest BCUT2D eigenvalue weighted by Crippen LogP contribution is 2.20. The van der Waals surface area contributed by atoms with E-state index in [2.05, 4.69) is 20.7 Å². The molecule has 2 N–H and O–H groups in total. The maximum absolute atomic E-state index is 13.1. The number of rotatable bonds is 9. The van der Waals surface area contributed by atoms with Gasteiger partial charge in [-0.1, -0.05) is 65.7 Å². The average Bonchev–Trinajstić information content (AvgIpc) is 3.30. The van der Waals surface area contributed by atoms with E-state index in [1.54, 1.807) is 13.2 Å². The average molecular weight is 508 g/mol. The number of benzene rings is 3. The molecule has 4 aromatic rings. The van der Waals surface area contributed by atoms with Gasteiger partial charge in [-0.2, -0.15) is 9.67 Å². The van der Waals surface area contributed by atoms with E-state index in [9.17, 15) is 4.79 Å². The van der Waals surface area contributed by atoms with Crippen molar-refractivity contribution in [3.63, 3.8) is 0 Å². The fourth-order valence-electron chi connectivity index (χ4n) is 3.26. The Labute approximate surface area is 213 Å². The lowest BCUT2D eigenvalue weighted by Gasteiger charge is -2.06. The second-order valence-corrected chi connectivity index (χ2v) is 8.42. The normalized spacial score (nSPS) is 10.9. The molecule has 0 aliphatic heterocycles. The Morgan fingerprint density at radius 1 is 0.914 bits per heavy atom. The second kappa shape index (κ2) is 11.6. The SMILES string of the molecule is COc1ccccc1/C=C/C(=O)n1nc(NCc2ccc(Cl)cc2)nc1NCc1ccc(Cl)cc1. The van der Waals surface area contributed by atoms with Crippen molar-refractivity contribution in [3.05, 3.63) is 106 Å². The Balaban J connectivity index is 1.54. The first-order valence-electron chi connectivity index (χ1n) is 10.8. The molecule has 0 bridgehead atoms. The molecule has 0 radical (unpaired) electrons. The van der Waals surface area contributed by atoms with Gasteiger partial charge < -0.3 is 15.4 Å². The Kier molecular flexibility index (Phi) is 8.03. The number of aromatic nitrogens is 3. The Hall–Kier alpha value is -3.81. The van der Waals surface area contributed by atoms with Crippen LogP contribution in [0.1, 0.15) is 21.5 Å². The van der Waals surface area contributed by atoms with Crippen LogP contribution in [0.25, 0.3) is 6.08 Å². The number of nitrogens with zero attached hydrogens (tertiary/aromatic N) is 3. The molecular formula is C26H23Cl2N5O2. The summed E-state index contributed by atoms with van der Waals surface area (Å²) in [6, 6.07) is 22.3. The zero-order valence-electron chi connectivity index (χ0n) is 18.9. The van der Waals surface area contributed by atoms with E-state index in [0.29, 0.717) is 40.8 Å². The van der Waals surface area contributed by atoms with E-state index in [0.717, 1.165) is 16.7 Å². The zero-order valence-corrected chi connectivity index (χ0v) is 20.4. The molecule has 178 valence electrons. The van der Waals surface area contributed by atoms with E-state index in [-0.39, 0.29) is 5.91 Å². The molecule has 0 saturated carbocycles. The minimum atomic E-state index is -0.360. The maximum atomic E-state index is 13.1. The van der Waals surface area contributed by atoms with Crippen LogP contribution >= 0.6 is 23.2 Å². The molecule has 1 aromatic heterocycles. The number of carbonyl (C=O) groups is 1. The molecule has 0 atom stereocenters. The molecule has 9 heteroatoms. The smallest absolute Gasteiger partial charge is 0.274 e. The Morgan fingerprint density at radius 3 is 2.14 bits per heavy atom. The van der Waals surface area contributed by atoms with Gasteiger partial charge in [0.15, 0.2) is 0 Å². The molecule has 35 heavy (non-hydrogen) atoms. The third-order valence-corrected chi connectivity index (χ3v) is 5.59. The van der Waals surface area contributed by atoms with Crippen molar-refractivity contribution in [2.75, 3.05) is 17.7 Å². The van der Waals surface area contributed by atoms with Gasteiger partial charge in [-0.15, -0.1) is 5.10 Å². The molecule has 4 rings (SSSR count). The topological polar surface area (TPSA) is 81.1 Å². The van der Waals surface area contributed by atoms with Crippen LogP contribution < -0.4 is 15.4 Å². The van der Waals surface area contributed by atoms with Gasteiger partial charge in [0.2, 0.25) is 11.9 Å². The van der Waals surface area contributed by atoms with Crippen molar-refractivity contribution < 1.29 is 9.53 Å². The van der Waals surface area contributed by atoms with Gasteiger partial charge in [0.25, 0.3) is 5.91 Å². The molecule has 3 aromatic carbocycles. The van der Waals surface area contributed by atoms with Crippen molar-refractivity contribution in [3.8, 4) is 5.75 Å². The van der Waals surface area contributed by atoms with Crippen LogP contribution in [0.5, 0.6) is 5.75 Å². The number of halogens is 2. The monoisotopic (exact) mass is 507 g/mol. The highest BCUT2D eigenvalue weighted by Gasteiger charge is 2.15. The lowest BCUT2D eigenvalue weighted by Crippen LogP contribution is -2.14. The highest BCUT2D eigenvalue weighted by molar-refractivity contribution is 6.30. The summed E-state index contributed by atoms with van der Waals surface area (Å²) in [5, 5.41) is 12.0. The molecule has 7 nitrogen and oxygen atoms in total. The third kappa shape index (κ3) is 6.62. The molecule has 0 amide bonds. The van der Waals surface area contributed by atoms with Gasteiger partial charge in [0.05, 0.1) is 7.11 Å². The van der Waals surface area contributed by atoms with Crippen LogP contribution in [0.2, 0.25) is 10.0 Å². The van der Waals surface area contributed by atoms with E-state index >= 15 is 0 Å². The number of para-hydroxylation sites is 1. The first-order valence-corrected chi connectivity index (χ1v) is 11.6. The largest absolute Gasteiger partial charge is 0.496 e. The van der Waals surface area contributed by atoms with Crippen LogP contribution in [-0.2, 0) is 13.1 Å². The number of methoxy groups -OCH3 is 1. The van der Waals surface area contributed by atoms with Crippen molar-refractivity contribution in [2.45, 2.75) is 13.1 Å². The van der Waals surface area contributed by atoms with Crippen LogP contribution in [0.4, 0.5) is 11.9 Å². The summed E-state index contributed by atoms with van der Waals surface area (Å²) in [7, 11) is 1.59. The molecule has 0 spiro atoms. The summed E-state index contributed by atoms with van der Waals surface area (Å²) >= 11 is 11.9. The summed E-state index contributed by atoms with van der Waals surface area (Å²) in [5.41, 5.74) is 2.76. The number of anilines is 2. The standard InChI is InChI=1S/C26H23Cl2N5O2/c1-35-23-5-3-2-4-20(23)10-15-24(34)33-26(30-17-19-8-13-22(28)14-9-19)31-25(32-33)29-16-18-6-11-21(27)12-7-18/h2-15H,16-17H2,1H3,(H2,29,30,31,32)/b15-10+. The van der Waals surface area contributed by atoms with Crippen molar-refractivity contribution in [1.82, 2.24) is 14.8 Å². The number of ether oxygens (including phenoxy) is 1. The van der Waals surface area contributed by atoms with Gasteiger partial charge in [-0.05, 0) is 47.5 Å². The minimum absolute atomic E-state index is 0.313. The highest BCUT2D eigenvalue weighted by atomic mass is 35.5. The van der Waals surface area contributed by atoms with Crippen molar-refractivity contribution in [2.24, 2.45) is 0 Å². The molecule has 0 unspecified atom stereocenters. The van der Waals surface area contributed by atoms with Gasteiger partial charge in [0, 0.05) is 34.8 Å². The molecular weight excluding hydrogens is 485 g/mol. The van der Waals surface area contributed by atoms with Gasteiger partial charge in [0.1, 0.15) is 5.75 Å². The molecule has 0 aliphatic carbocycles. The summed E-state index contributed by atoms with van der Waals surface area (Å²) in [4.78, 5) is 17.5. The van der Waals surface area contributed by atoms with E-state index in [1.807, 2.05) is 72.8 Å². The number of hydrogen-bond acceptors (Lipinski definition) is 6. The summed E-state index contributed by atoms with van der Waals surface area (Å²) in [6.07, 6.45) is 3.12. The second-order valence-electron chi connectivity index (χ2n) is 7.54. The number of nitrogens with one attached hydrogen (secondary N) is 2. The number of hydrogen-bond donors (Lipinski definition) is 2. The zero-order chi connectivity index (χ0) is 24.6. The van der Waals surface area contributed by atoms with Crippen LogP contribution in [0.15, 0.2) is 78.9 Å². The van der Waals surface area contributed by atoms with Crippen molar-refractivity contribution >= 4 is 47.1 Å². The summed E-state index contributed by atoms with van der Waals surface area (Å²) in [6.45, 7) is 0.916. The molecule has 0 fully saturated rings. The quantitative estimate of drug-likeness (QED) is 0.263. The first-order chi connectivity index (χ1) is 17.0. The fourth-order valence-corrected chi connectivity index (χ4v) is 3.51. The predicted octanol–water partition coefficient (Wildman–Crippen LogP) is 6.17. The summed E-state index contributed by atoms with van der Waals surface area (Å²) < 4.78 is 6.58. The van der Waals surface area contributed by atoms with E-state index in [1.165, 1.54) is 10.8 Å².